The van der Waals surface area contributed by atoms with E-state index in [1.807, 2.05) is 48.7 Å². The molecule has 26 heavy (non-hydrogen) atoms. The topological polar surface area (TPSA) is 88.4 Å². The van der Waals surface area contributed by atoms with Crippen LogP contribution in [0.25, 0.3) is 5.65 Å². The summed E-state index contributed by atoms with van der Waals surface area (Å²) in [4.78, 5) is 25.4. The maximum absolute atomic E-state index is 12.6. The van der Waals surface area contributed by atoms with Crippen molar-refractivity contribution in [3.05, 3.63) is 54.0 Å². The Hall–Kier alpha value is -2.87. The maximum atomic E-state index is 12.6. The van der Waals surface area contributed by atoms with Crippen LogP contribution in [0.2, 0.25) is 0 Å². The van der Waals surface area contributed by atoms with Crippen molar-refractivity contribution in [2.24, 2.45) is 0 Å². The number of hydrogen-bond acceptors (Lipinski definition) is 5. The van der Waals surface area contributed by atoms with E-state index in [-0.39, 0.29) is 23.1 Å². The van der Waals surface area contributed by atoms with Crippen molar-refractivity contribution in [2.45, 2.75) is 30.0 Å². The first kappa shape index (κ1) is 16.6. The van der Waals surface area contributed by atoms with E-state index in [0.29, 0.717) is 17.1 Å². The van der Waals surface area contributed by atoms with Gasteiger partial charge >= 0.3 is 0 Å². The summed E-state index contributed by atoms with van der Waals surface area (Å²) in [5.41, 5.74) is 1.89. The van der Waals surface area contributed by atoms with Gasteiger partial charge < -0.3 is 10.6 Å². The van der Waals surface area contributed by atoms with E-state index in [4.69, 9.17) is 0 Å². The van der Waals surface area contributed by atoms with Crippen LogP contribution in [0, 0.1) is 0 Å². The summed E-state index contributed by atoms with van der Waals surface area (Å²) in [5, 5.41) is 13.9. The van der Waals surface area contributed by atoms with Crippen molar-refractivity contribution < 1.29 is 9.59 Å². The van der Waals surface area contributed by atoms with Crippen molar-refractivity contribution >= 4 is 34.9 Å². The molecule has 0 saturated heterocycles. The summed E-state index contributed by atoms with van der Waals surface area (Å²) < 4.78 is 1.84. The molecule has 1 aliphatic rings. The average molecular weight is 367 g/mol. The second-order valence-corrected chi connectivity index (χ2v) is 7.53. The molecule has 7 nitrogen and oxygen atoms in total. The van der Waals surface area contributed by atoms with Crippen LogP contribution < -0.4 is 10.6 Å². The summed E-state index contributed by atoms with van der Waals surface area (Å²) in [6.45, 7) is 3.72. The van der Waals surface area contributed by atoms with Crippen molar-refractivity contribution in [3.63, 3.8) is 0 Å². The fraction of sp³-hybridized carbons (Fsp3) is 0.222. The third kappa shape index (κ3) is 2.92. The van der Waals surface area contributed by atoms with Gasteiger partial charge in [0.15, 0.2) is 11.5 Å². The quantitative estimate of drug-likeness (QED) is 0.743. The van der Waals surface area contributed by atoms with E-state index < -0.39 is 0 Å². The number of amides is 2. The zero-order chi connectivity index (χ0) is 18.3. The molecule has 0 saturated carbocycles. The molecule has 4 rings (SSSR count). The van der Waals surface area contributed by atoms with Crippen LogP contribution in [-0.4, -0.2) is 31.7 Å². The minimum absolute atomic E-state index is 0.0524. The lowest BCUT2D eigenvalue weighted by Gasteiger charge is -2.22. The maximum Gasteiger partial charge on any atom is 0.251 e. The Balaban J connectivity index is 1.55. The Morgan fingerprint density at radius 1 is 1.31 bits per heavy atom. The first-order valence-corrected chi connectivity index (χ1v) is 9.13. The number of thioether (sulfide) groups is 1. The van der Waals surface area contributed by atoms with E-state index >= 15 is 0 Å². The average Bonchev–Trinajstić information content (AvgIpc) is 3.06. The Labute approximate surface area is 154 Å². The van der Waals surface area contributed by atoms with Crippen LogP contribution in [0.15, 0.2) is 47.5 Å². The lowest BCUT2D eigenvalue weighted by Crippen LogP contribution is -2.29. The normalized spacial score (nSPS) is 17.5. The van der Waals surface area contributed by atoms with Gasteiger partial charge in [0.2, 0.25) is 5.91 Å². The molecule has 0 aliphatic carbocycles. The predicted octanol–water partition coefficient (Wildman–Crippen LogP) is 2.65. The lowest BCUT2D eigenvalue weighted by atomic mass is 10.1. The number of benzene rings is 1. The highest BCUT2D eigenvalue weighted by molar-refractivity contribution is 8.00. The first-order valence-electron chi connectivity index (χ1n) is 8.25. The number of nitrogens with one attached hydrogen (secondary N) is 2. The molecular weight excluding hydrogens is 350 g/mol. The summed E-state index contributed by atoms with van der Waals surface area (Å²) >= 11 is 1.49. The zero-order valence-electron chi connectivity index (χ0n) is 14.3. The van der Waals surface area contributed by atoms with Crippen molar-refractivity contribution in [2.75, 3.05) is 5.32 Å². The van der Waals surface area contributed by atoms with Crippen LogP contribution in [0.4, 0.5) is 5.69 Å². The molecule has 3 heterocycles. The van der Waals surface area contributed by atoms with E-state index in [2.05, 4.69) is 20.8 Å². The number of rotatable bonds is 3. The summed E-state index contributed by atoms with van der Waals surface area (Å²) in [5.74, 6) is 0.374. The molecule has 2 aromatic heterocycles. The second kappa shape index (κ2) is 6.45. The van der Waals surface area contributed by atoms with Crippen LogP contribution in [0.5, 0.6) is 0 Å². The van der Waals surface area contributed by atoms with Crippen molar-refractivity contribution in [1.29, 1.82) is 0 Å². The third-order valence-electron chi connectivity index (χ3n) is 4.25. The van der Waals surface area contributed by atoms with Gasteiger partial charge in [-0.05, 0) is 44.2 Å². The molecule has 1 aliphatic heterocycles. The van der Waals surface area contributed by atoms with Gasteiger partial charge in [-0.2, -0.15) is 0 Å². The Kier molecular flexibility index (Phi) is 4.12. The fourth-order valence-corrected chi connectivity index (χ4v) is 3.78. The number of carbonyl (C=O) groups is 2. The number of aromatic nitrogens is 3. The molecule has 3 aromatic rings. The standard InChI is InChI=1S/C18H17N5O2S/c1-10(16-22-21-15-5-3-4-8-23(15)16)19-18(25)12-6-7-14-13(9-12)20-17(24)11(2)26-14/h3-11H,1-2H3,(H,19,25)(H,20,24). The van der Waals surface area contributed by atoms with Gasteiger partial charge in [0.1, 0.15) is 0 Å². The van der Waals surface area contributed by atoms with Gasteiger partial charge in [-0.1, -0.05) is 6.07 Å². The van der Waals surface area contributed by atoms with Gasteiger partial charge in [0, 0.05) is 16.7 Å². The third-order valence-corrected chi connectivity index (χ3v) is 5.43. The number of hydrogen-bond donors (Lipinski definition) is 2. The van der Waals surface area contributed by atoms with Gasteiger partial charge in [0.25, 0.3) is 5.91 Å². The molecule has 0 bridgehead atoms. The molecule has 2 N–H and O–H groups in total. The molecule has 132 valence electrons. The van der Waals surface area contributed by atoms with Crippen LogP contribution in [-0.2, 0) is 4.79 Å². The van der Waals surface area contributed by atoms with Crippen LogP contribution >= 0.6 is 11.8 Å². The largest absolute Gasteiger partial charge is 0.342 e. The SMILES string of the molecule is CC1Sc2ccc(C(=O)NC(C)c3nnc4ccccn34)cc2NC1=O. The first-order chi connectivity index (χ1) is 12.5. The minimum atomic E-state index is -0.320. The summed E-state index contributed by atoms with van der Waals surface area (Å²) in [6.07, 6.45) is 1.86. The van der Waals surface area contributed by atoms with E-state index in [1.165, 1.54) is 11.8 Å². The number of fused-ring (bicyclic) bond motifs is 2. The molecule has 0 radical (unpaired) electrons. The van der Waals surface area contributed by atoms with Gasteiger partial charge in [-0.25, -0.2) is 0 Å². The van der Waals surface area contributed by atoms with Crippen LogP contribution in [0.3, 0.4) is 0 Å². The molecule has 0 spiro atoms. The molecule has 1 aromatic carbocycles. The Morgan fingerprint density at radius 2 is 2.15 bits per heavy atom. The molecule has 2 amide bonds. The van der Waals surface area contributed by atoms with Gasteiger partial charge in [-0.3, -0.25) is 14.0 Å². The summed E-state index contributed by atoms with van der Waals surface area (Å²) in [6, 6.07) is 10.6. The van der Waals surface area contributed by atoms with Crippen LogP contribution in [0.1, 0.15) is 36.1 Å². The molecule has 8 heteroatoms. The van der Waals surface area contributed by atoms with Gasteiger partial charge in [0.05, 0.1) is 17.0 Å². The Morgan fingerprint density at radius 3 is 3.00 bits per heavy atom. The fourth-order valence-electron chi connectivity index (χ4n) is 2.85. The molecule has 2 unspecified atom stereocenters. The lowest BCUT2D eigenvalue weighted by molar-refractivity contribution is -0.115. The highest BCUT2D eigenvalue weighted by Gasteiger charge is 2.24. The van der Waals surface area contributed by atoms with E-state index in [9.17, 15) is 9.59 Å². The second-order valence-electron chi connectivity index (χ2n) is 6.14. The number of pyridine rings is 1. The smallest absolute Gasteiger partial charge is 0.251 e. The summed E-state index contributed by atoms with van der Waals surface area (Å²) in [7, 11) is 0. The monoisotopic (exact) mass is 367 g/mol. The minimum Gasteiger partial charge on any atom is -0.342 e. The highest BCUT2D eigenvalue weighted by atomic mass is 32.2. The molecular formula is C18H17N5O2S. The van der Waals surface area contributed by atoms with E-state index in [0.717, 1.165) is 10.5 Å². The number of anilines is 1. The van der Waals surface area contributed by atoms with Crippen molar-refractivity contribution in [1.82, 2.24) is 19.9 Å². The van der Waals surface area contributed by atoms with E-state index in [1.54, 1.807) is 12.1 Å². The zero-order valence-corrected chi connectivity index (χ0v) is 15.1. The predicted molar refractivity (Wildman–Crippen MR) is 99.3 cm³/mol. The van der Waals surface area contributed by atoms with Gasteiger partial charge in [-0.15, -0.1) is 22.0 Å². The highest BCUT2D eigenvalue weighted by Crippen LogP contribution is 2.35. The number of nitrogens with zero attached hydrogens (tertiary/aromatic N) is 3. The van der Waals surface area contributed by atoms with Crippen molar-refractivity contribution in [3.8, 4) is 0 Å². The Bertz CT molecular complexity index is 1020. The number of carbonyl (C=O) groups excluding carboxylic acids is 2. The molecule has 2 atom stereocenters. The molecule has 0 fully saturated rings.